The maximum Gasteiger partial charge on any atom is 2.00 e. The number of hydrogen-bond donors (Lipinski definition) is 3. The van der Waals surface area contributed by atoms with E-state index in [1.165, 1.54) is 36.4 Å². The molecule has 0 fully saturated rings. The molecule has 0 aromatic heterocycles. The van der Waals surface area contributed by atoms with E-state index in [2.05, 4.69) is 0 Å². The Labute approximate surface area is 219 Å². The van der Waals surface area contributed by atoms with Gasteiger partial charge in [-0.3, -0.25) is 0 Å². The van der Waals surface area contributed by atoms with Gasteiger partial charge >= 0.3 is 49.0 Å². The molecule has 156 valence electrons. The fraction of sp³-hybridized carbons (Fsp3) is 0. The van der Waals surface area contributed by atoms with E-state index in [1.807, 2.05) is 0 Å². The van der Waals surface area contributed by atoms with Crippen molar-refractivity contribution in [2.75, 3.05) is 17.2 Å². The van der Waals surface area contributed by atoms with Crippen molar-refractivity contribution in [1.82, 2.24) is 0 Å². The van der Waals surface area contributed by atoms with Gasteiger partial charge in [-0.1, -0.05) is 54.6 Å². The summed E-state index contributed by atoms with van der Waals surface area (Å²) < 4.78 is 0. The maximum atomic E-state index is 10.2. The molecule has 3 aromatic rings. The molecule has 0 atom stereocenters. The summed E-state index contributed by atoms with van der Waals surface area (Å²) in [6.45, 7) is 0. The Morgan fingerprint density at radius 1 is 0.500 bits per heavy atom. The van der Waals surface area contributed by atoms with Gasteiger partial charge in [-0.25, -0.2) is 0 Å². The van der Waals surface area contributed by atoms with E-state index in [4.69, 9.17) is 17.2 Å². The summed E-state index contributed by atoms with van der Waals surface area (Å²) in [6.07, 6.45) is 0. The third-order valence-electron chi connectivity index (χ3n) is 3.54. The van der Waals surface area contributed by atoms with Crippen LogP contribution in [0.2, 0.25) is 0 Å². The number of nitrogens with two attached hydrogens (primary N) is 3. The molecule has 0 aliphatic heterocycles. The van der Waals surface area contributed by atoms with Crippen molar-refractivity contribution in [2.24, 2.45) is 0 Å². The fourth-order valence-electron chi connectivity index (χ4n) is 2.05. The van der Waals surface area contributed by atoms with Crippen LogP contribution in [-0.4, -0.2) is 17.9 Å². The summed E-state index contributed by atoms with van der Waals surface area (Å²) in [6, 6.07) is 18.6. The third kappa shape index (κ3) is 10.4. The number of carbonyl (C=O) groups is 3. The van der Waals surface area contributed by atoms with Gasteiger partial charge in [-0.2, -0.15) is 0 Å². The quantitative estimate of drug-likeness (QED) is 0.238. The van der Waals surface area contributed by atoms with Crippen molar-refractivity contribution in [3.8, 4) is 0 Å². The molecule has 0 spiro atoms. The summed E-state index contributed by atoms with van der Waals surface area (Å²) >= 11 is 0. The summed E-state index contributed by atoms with van der Waals surface area (Å²) in [5, 5.41) is 30.7. The molecule has 0 unspecified atom stereocenters. The zero-order valence-electron chi connectivity index (χ0n) is 17.3. The van der Waals surface area contributed by atoms with Crippen molar-refractivity contribution in [3.63, 3.8) is 0 Å². The second-order valence-electron chi connectivity index (χ2n) is 5.62. The molecule has 0 radical (unpaired) electrons. The van der Waals surface area contributed by atoms with Gasteiger partial charge in [0.1, 0.15) is 0 Å². The summed E-state index contributed by atoms with van der Waals surface area (Å²) in [4.78, 5) is 30.7. The van der Waals surface area contributed by atoms with Gasteiger partial charge in [0.15, 0.2) is 0 Å². The van der Waals surface area contributed by atoms with Crippen LogP contribution in [0.3, 0.4) is 0 Å². The van der Waals surface area contributed by atoms with E-state index >= 15 is 0 Å². The smallest absolute Gasteiger partial charge is 0.545 e. The van der Waals surface area contributed by atoms with Crippen molar-refractivity contribution in [1.29, 1.82) is 0 Å². The van der Waals surface area contributed by atoms with E-state index in [1.54, 1.807) is 36.4 Å². The maximum absolute atomic E-state index is 10.2. The number of carbonyl (C=O) groups excluding carboxylic acids is 3. The Morgan fingerprint density at radius 2 is 0.688 bits per heavy atom. The molecule has 0 aliphatic rings. The SMILES string of the molecule is Nc1ccccc1C(=O)[O-].Nc1ccccc1C(=O)[O-].Nc1ccccc1C(=O)[O-].[Na+].[Zn+2]. The molecule has 0 bridgehead atoms. The van der Waals surface area contributed by atoms with Gasteiger partial charge in [0.25, 0.3) is 0 Å². The Kier molecular flexibility index (Phi) is 15.5. The molecule has 0 amide bonds. The van der Waals surface area contributed by atoms with Crippen LogP contribution < -0.4 is 62.1 Å². The first-order valence-corrected chi connectivity index (χ1v) is 8.32. The molecule has 32 heavy (non-hydrogen) atoms. The molecular weight excluding hydrogens is 479 g/mol. The number of aromatic carboxylic acids is 3. The standard InChI is InChI=1S/3C7H7NO2.Na.Zn/c3*8-6-4-2-1-3-5(6)7(9)10;;/h3*1-4H,8H2,(H,9,10);;/q;;;+1;+2/p-3. The Bertz CT molecular complexity index is 917. The van der Waals surface area contributed by atoms with Crippen LogP contribution in [0.15, 0.2) is 72.8 Å². The molecular formula is C21H18N3NaO6Zn. The molecule has 0 heterocycles. The van der Waals surface area contributed by atoms with Crippen LogP contribution in [-0.2, 0) is 19.5 Å². The molecule has 11 heteroatoms. The molecule has 0 saturated heterocycles. The van der Waals surface area contributed by atoms with Crippen LogP contribution in [0.5, 0.6) is 0 Å². The summed E-state index contributed by atoms with van der Waals surface area (Å²) in [5.74, 6) is -3.71. The number of carboxylic acids is 3. The zero-order chi connectivity index (χ0) is 22.7. The number of carboxylic acid groups (broad SMARTS) is 3. The van der Waals surface area contributed by atoms with Crippen molar-refractivity contribution < 1.29 is 78.7 Å². The van der Waals surface area contributed by atoms with Crippen molar-refractivity contribution >= 4 is 35.0 Å². The van der Waals surface area contributed by atoms with Gasteiger partial charge in [0.05, 0.1) is 17.9 Å². The number of rotatable bonds is 3. The summed E-state index contributed by atoms with van der Waals surface area (Å²) in [5.41, 5.74) is 16.7. The number of para-hydroxylation sites is 3. The molecule has 3 aromatic carbocycles. The largest absolute Gasteiger partial charge is 2.00 e. The minimum absolute atomic E-state index is 0. The number of hydrogen-bond acceptors (Lipinski definition) is 9. The van der Waals surface area contributed by atoms with Crippen molar-refractivity contribution in [3.05, 3.63) is 89.5 Å². The first kappa shape index (κ1) is 31.3. The van der Waals surface area contributed by atoms with Gasteiger partial charge < -0.3 is 46.9 Å². The number of anilines is 3. The van der Waals surface area contributed by atoms with Gasteiger partial charge in [0.2, 0.25) is 0 Å². The van der Waals surface area contributed by atoms with Gasteiger partial charge in [-0.05, 0) is 18.2 Å². The normalized spacial score (nSPS) is 8.62. The van der Waals surface area contributed by atoms with Crippen LogP contribution in [0.4, 0.5) is 17.1 Å². The Hall–Kier alpha value is -2.91. The number of benzene rings is 3. The van der Waals surface area contributed by atoms with Gasteiger partial charge in [0, 0.05) is 33.8 Å². The average Bonchev–Trinajstić information content (AvgIpc) is 2.69. The first-order chi connectivity index (χ1) is 14.1. The van der Waals surface area contributed by atoms with E-state index in [-0.39, 0.29) is 82.8 Å². The van der Waals surface area contributed by atoms with Crippen molar-refractivity contribution in [2.45, 2.75) is 0 Å². The van der Waals surface area contributed by atoms with Gasteiger partial charge in [-0.15, -0.1) is 0 Å². The fourth-order valence-corrected chi connectivity index (χ4v) is 2.05. The van der Waals surface area contributed by atoms with E-state index in [9.17, 15) is 29.7 Å². The minimum atomic E-state index is -1.24. The minimum Gasteiger partial charge on any atom is -0.545 e. The zero-order valence-corrected chi connectivity index (χ0v) is 22.3. The average molecular weight is 497 g/mol. The summed E-state index contributed by atoms with van der Waals surface area (Å²) in [7, 11) is 0. The predicted octanol–water partition coefficient (Wildman–Crippen LogP) is -4.10. The van der Waals surface area contributed by atoms with Crippen LogP contribution in [0.1, 0.15) is 31.1 Å². The Balaban J connectivity index is 0. The second kappa shape index (κ2) is 15.8. The molecule has 6 N–H and O–H groups in total. The monoisotopic (exact) mass is 495 g/mol. The molecule has 0 saturated carbocycles. The van der Waals surface area contributed by atoms with Crippen LogP contribution in [0.25, 0.3) is 0 Å². The van der Waals surface area contributed by atoms with Crippen LogP contribution in [0, 0.1) is 0 Å². The topological polar surface area (TPSA) is 198 Å². The molecule has 3 rings (SSSR count). The van der Waals surface area contributed by atoms with E-state index in [0.717, 1.165) is 0 Å². The Morgan fingerprint density at radius 3 is 0.812 bits per heavy atom. The number of nitrogen functional groups attached to an aromatic ring is 3. The first-order valence-electron chi connectivity index (χ1n) is 8.32. The second-order valence-corrected chi connectivity index (χ2v) is 5.62. The molecule has 9 nitrogen and oxygen atoms in total. The van der Waals surface area contributed by atoms with E-state index < -0.39 is 17.9 Å². The molecule has 0 aliphatic carbocycles. The predicted molar refractivity (Wildman–Crippen MR) is 106 cm³/mol. The van der Waals surface area contributed by atoms with E-state index in [0.29, 0.717) is 0 Å². The third-order valence-corrected chi connectivity index (χ3v) is 3.54. The van der Waals surface area contributed by atoms with Crippen LogP contribution >= 0.6 is 0 Å².